The van der Waals surface area contributed by atoms with Crippen LogP contribution >= 0.6 is 0 Å². The van der Waals surface area contributed by atoms with E-state index in [9.17, 15) is 0 Å². The van der Waals surface area contributed by atoms with Crippen LogP contribution in [-0.4, -0.2) is 15.0 Å². The number of rotatable bonds is 2. The minimum atomic E-state index is 0.820. The molecule has 0 radical (unpaired) electrons. The van der Waals surface area contributed by atoms with E-state index < -0.39 is 0 Å². The lowest BCUT2D eigenvalue weighted by atomic mass is 10.2. The highest BCUT2D eigenvalue weighted by atomic mass is 14.9. The van der Waals surface area contributed by atoms with Crippen LogP contribution in [0.1, 0.15) is 19.0 Å². The lowest BCUT2D eigenvalue weighted by Crippen LogP contribution is -1.88. The van der Waals surface area contributed by atoms with Crippen molar-refractivity contribution >= 4 is 11.2 Å². The first-order valence-electron chi connectivity index (χ1n) is 4.19. The van der Waals surface area contributed by atoms with E-state index in [1.165, 1.54) is 0 Å². The maximum atomic E-state index is 4.38. The van der Waals surface area contributed by atoms with Gasteiger partial charge in [-0.15, -0.1) is 0 Å². The summed E-state index contributed by atoms with van der Waals surface area (Å²) in [6.07, 6.45) is 3.83. The van der Waals surface area contributed by atoms with Crippen molar-refractivity contribution in [3.05, 3.63) is 24.2 Å². The Hall–Kier alpha value is -1.38. The fourth-order valence-electron chi connectivity index (χ4n) is 1.26. The van der Waals surface area contributed by atoms with E-state index in [1.807, 2.05) is 12.1 Å². The molecule has 2 aromatic heterocycles. The number of pyridine rings is 1. The molecule has 0 bridgehead atoms. The summed E-state index contributed by atoms with van der Waals surface area (Å²) in [5.74, 6) is 0. The molecule has 0 spiro atoms. The molecule has 0 unspecified atom stereocenters. The molecule has 0 fully saturated rings. The molecule has 3 heteroatoms. The molecule has 62 valence electrons. The molecule has 0 atom stereocenters. The lowest BCUT2D eigenvalue weighted by Gasteiger charge is -1.95. The average molecular weight is 161 g/mol. The summed E-state index contributed by atoms with van der Waals surface area (Å²) in [4.78, 5) is 11.5. The van der Waals surface area contributed by atoms with Crippen LogP contribution in [-0.2, 0) is 6.42 Å². The smallest absolute Gasteiger partial charge is 0.177 e. The first-order valence-corrected chi connectivity index (χ1v) is 4.19. The van der Waals surface area contributed by atoms with Crippen molar-refractivity contribution in [2.75, 3.05) is 0 Å². The Kier molecular flexibility index (Phi) is 1.78. The summed E-state index contributed by atoms with van der Waals surface area (Å²) in [5.41, 5.74) is 2.95. The SMILES string of the molecule is CCCc1ccc2[nH]cnc2n1. The van der Waals surface area contributed by atoms with Crippen LogP contribution in [0.3, 0.4) is 0 Å². The average Bonchev–Trinajstić information content (AvgIpc) is 2.51. The Morgan fingerprint density at radius 3 is 3.17 bits per heavy atom. The van der Waals surface area contributed by atoms with Gasteiger partial charge in [-0.3, -0.25) is 0 Å². The summed E-state index contributed by atoms with van der Waals surface area (Å²) in [5, 5.41) is 0. The standard InChI is InChI=1S/C9H11N3/c1-2-3-7-4-5-8-9(12-7)11-6-10-8/h4-6H,2-3H2,1H3,(H,10,11,12). The van der Waals surface area contributed by atoms with Crippen LogP contribution in [0.25, 0.3) is 11.2 Å². The lowest BCUT2D eigenvalue weighted by molar-refractivity contribution is 0.888. The Labute approximate surface area is 70.9 Å². The zero-order valence-corrected chi connectivity index (χ0v) is 7.04. The molecule has 2 aromatic rings. The van der Waals surface area contributed by atoms with Gasteiger partial charge in [0.05, 0.1) is 11.8 Å². The van der Waals surface area contributed by atoms with Gasteiger partial charge >= 0.3 is 0 Å². The fourth-order valence-corrected chi connectivity index (χ4v) is 1.26. The maximum absolute atomic E-state index is 4.38. The molecule has 0 aliphatic carbocycles. The van der Waals surface area contributed by atoms with Gasteiger partial charge in [-0.2, -0.15) is 0 Å². The van der Waals surface area contributed by atoms with Gasteiger partial charge < -0.3 is 4.98 Å². The summed E-state index contributed by atoms with van der Waals surface area (Å²) in [6, 6.07) is 4.07. The number of H-pyrrole nitrogens is 1. The van der Waals surface area contributed by atoms with Gasteiger partial charge in [0.1, 0.15) is 0 Å². The topological polar surface area (TPSA) is 41.6 Å². The van der Waals surface area contributed by atoms with Gasteiger partial charge in [-0.05, 0) is 18.6 Å². The predicted octanol–water partition coefficient (Wildman–Crippen LogP) is 1.91. The molecule has 0 saturated carbocycles. The second-order valence-corrected chi connectivity index (χ2v) is 2.83. The number of nitrogens with zero attached hydrogens (tertiary/aromatic N) is 2. The predicted molar refractivity (Wildman–Crippen MR) is 47.9 cm³/mol. The van der Waals surface area contributed by atoms with E-state index in [1.54, 1.807) is 6.33 Å². The van der Waals surface area contributed by atoms with Crippen molar-refractivity contribution in [2.24, 2.45) is 0 Å². The van der Waals surface area contributed by atoms with Crippen LogP contribution in [0.5, 0.6) is 0 Å². The highest BCUT2D eigenvalue weighted by Crippen LogP contribution is 2.07. The highest BCUT2D eigenvalue weighted by Gasteiger charge is 1.98. The van der Waals surface area contributed by atoms with E-state index in [0.29, 0.717) is 0 Å². The Morgan fingerprint density at radius 1 is 1.42 bits per heavy atom. The fraction of sp³-hybridized carbons (Fsp3) is 0.333. The molecular formula is C9H11N3. The van der Waals surface area contributed by atoms with E-state index >= 15 is 0 Å². The van der Waals surface area contributed by atoms with Crippen LogP contribution in [0, 0.1) is 0 Å². The minimum Gasteiger partial charge on any atom is -0.343 e. The van der Waals surface area contributed by atoms with Gasteiger partial charge in [-0.1, -0.05) is 13.3 Å². The number of aryl methyl sites for hydroxylation is 1. The molecule has 0 aliphatic heterocycles. The van der Waals surface area contributed by atoms with Crippen LogP contribution in [0.15, 0.2) is 18.5 Å². The van der Waals surface area contributed by atoms with Crippen LogP contribution in [0.2, 0.25) is 0 Å². The second kappa shape index (κ2) is 2.93. The maximum Gasteiger partial charge on any atom is 0.177 e. The number of fused-ring (bicyclic) bond motifs is 1. The molecule has 0 aromatic carbocycles. The summed E-state index contributed by atoms with van der Waals surface area (Å²) in [6.45, 7) is 2.15. The normalized spacial score (nSPS) is 10.8. The van der Waals surface area contributed by atoms with Gasteiger partial charge in [-0.25, -0.2) is 9.97 Å². The van der Waals surface area contributed by atoms with Gasteiger partial charge in [0.15, 0.2) is 5.65 Å². The molecule has 2 rings (SSSR count). The third-order valence-corrected chi connectivity index (χ3v) is 1.85. The van der Waals surface area contributed by atoms with Gasteiger partial charge in [0.25, 0.3) is 0 Å². The molecule has 0 aliphatic rings. The first kappa shape index (κ1) is 7.28. The number of aromatic nitrogens is 3. The molecule has 0 amide bonds. The van der Waals surface area contributed by atoms with Crippen LogP contribution in [0.4, 0.5) is 0 Å². The minimum absolute atomic E-state index is 0.820. The quantitative estimate of drug-likeness (QED) is 0.731. The zero-order chi connectivity index (χ0) is 8.39. The highest BCUT2D eigenvalue weighted by molar-refractivity contribution is 5.69. The molecular weight excluding hydrogens is 150 g/mol. The zero-order valence-electron chi connectivity index (χ0n) is 7.04. The van der Waals surface area contributed by atoms with Crippen molar-refractivity contribution in [3.63, 3.8) is 0 Å². The summed E-state index contributed by atoms with van der Waals surface area (Å²) >= 11 is 0. The van der Waals surface area contributed by atoms with Gasteiger partial charge in [0.2, 0.25) is 0 Å². The second-order valence-electron chi connectivity index (χ2n) is 2.83. The Balaban J connectivity index is 2.46. The number of imidazole rings is 1. The molecule has 1 N–H and O–H groups in total. The van der Waals surface area contributed by atoms with Crippen molar-refractivity contribution in [3.8, 4) is 0 Å². The van der Waals surface area contributed by atoms with Crippen molar-refractivity contribution in [1.82, 2.24) is 15.0 Å². The van der Waals surface area contributed by atoms with Crippen molar-refractivity contribution < 1.29 is 0 Å². The third kappa shape index (κ3) is 1.18. The van der Waals surface area contributed by atoms with Gasteiger partial charge in [0, 0.05) is 5.69 Å². The largest absolute Gasteiger partial charge is 0.343 e. The van der Waals surface area contributed by atoms with Crippen molar-refractivity contribution in [2.45, 2.75) is 19.8 Å². The van der Waals surface area contributed by atoms with E-state index in [4.69, 9.17) is 0 Å². The molecule has 3 nitrogen and oxygen atoms in total. The van der Waals surface area contributed by atoms with Crippen molar-refractivity contribution in [1.29, 1.82) is 0 Å². The third-order valence-electron chi connectivity index (χ3n) is 1.85. The molecule has 12 heavy (non-hydrogen) atoms. The number of nitrogens with one attached hydrogen (secondary N) is 1. The van der Waals surface area contributed by atoms with E-state index in [0.717, 1.165) is 29.7 Å². The first-order chi connectivity index (χ1) is 5.90. The summed E-state index contributed by atoms with van der Waals surface area (Å²) < 4.78 is 0. The number of hydrogen-bond donors (Lipinski definition) is 1. The monoisotopic (exact) mass is 161 g/mol. The van der Waals surface area contributed by atoms with E-state index in [2.05, 4.69) is 21.9 Å². The summed E-state index contributed by atoms with van der Waals surface area (Å²) in [7, 11) is 0. The van der Waals surface area contributed by atoms with E-state index in [-0.39, 0.29) is 0 Å². The molecule has 0 saturated heterocycles. The Morgan fingerprint density at radius 2 is 2.33 bits per heavy atom. The van der Waals surface area contributed by atoms with Crippen LogP contribution < -0.4 is 0 Å². The number of aromatic amines is 1. The molecule has 2 heterocycles. The Bertz CT molecular complexity index is 378. The number of hydrogen-bond acceptors (Lipinski definition) is 2.